The van der Waals surface area contributed by atoms with Gasteiger partial charge in [0.05, 0.1) is 6.26 Å². The van der Waals surface area contributed by atoms with Gasteiger partial charge in [0.25, 0.3) is 0 Å². The van der Waals surface area contributed by atoms with Gasteiger partial charge in [0.1, 0.15) is 5.58 Å². The van der Waals surface area contributed by atoms with Crippen molar-refractivity contribution in [2.75, 3.05) is 7.05 Å². The molecule has 0 saturated heterocycles. The molecule has 0 saturated carbocycles. The third-order valence-electron chi connectivity index (χ3n) is 2.90. The standard InChI is InChI=1S/C13H17NO.ClH/c1-3-12(14-2)9-10-4-5-13-11(8-10)6-7-15-13;/h4-8,12,14H,3,9H2,1-2H3;1H/t12-;/m0./s1. The van der Waals surface area contributed by atoms with Gasteiger partial charge in [-0.25, -0.2) is 0 Å². The van der Waals surface area contributed by atoms with E-state index in [9.17, 15) is 0 Å². The van der Waals surface area contributed by atoms with E-state index >= 15 is 0 Å². The highest BCUT2D eigenvalue weighted by atomic mass is 35.5. The van der Waals surface area contributed by atoms with Crippen LogP contribution < -0.4 is 5.32 Å². The predicted octanol–water partition coefficient (Wildman–Crippen LogP) is 3.40. The van der Waals surface area contributed by atoms with E-state index in [1.165, 1.54) is 10.9 Å². The molecule has 0 aliphatic carbocycles. The summed E-state index contributed by atoms with van der Waals surface area (Å²) < 4.78 is 5.31. The Kier molecular flexibility index (Phi) is 4.84. The Labute approximate surface area is 102 Å². The summed E-state index contributed by atoms with van der Waals surface area (Å²) in [6.07, 6.45) is 3.97. The van der Waals surface area contributed by atoms with Crippen molar-refractivity contribution < 1.29 is 4.42 Å². The van der Waals surface area contributed by atoms with Crippen LogP contribution in [0.3, 0.4) is 0 Å². The van der Waals surface area contributed by atoms with E-state index in [2.05, 4.69) is 24.4 Å². The number of hydrogen-bond acceptors (Lipinski definition) is 2. The van der Waals surface area contributed by atoms with Gasteiger partial charge >= 0.3 is 0 Å². The predicted molar refractivity (Wildman–Crippen MR) is 70.3 cm³/mol. The Balaban J connectivity index is 0.00000128. The zero-order valence-corrected chi connectivity index (χ0v) is 10.5. The van der Waals surface area contributed by atoms with Gasteiger partial charge in [-0.15, -0.1) is 12.4 Å². The quantitative estimate of drug-likeness (QED) is 0.885. The molecule has 1 N–H and O–H groups in total. The lowest BCUT2D eigenvalue weighted by molar-refractivity contribution is 0.543. The summed E-state index contributed by atoms with van der Waals surface area (Å²) in [6, 6.07) is 8.98. The average molecular weight is 240 g/mol. The summed E-state index contributed by atoms with van der Waals surface area (Å²) in [5, 5.41) is 4.51. The van der Waals surface area contributed by atoms with Crippen LogP contribution in [0, 0.1) is 0 Å². The van der Waals surface area contributed by atoms with Gasteiger partial charge in [-0.2, -0.15) is 0 Å². The van der Waals surface area contributed by atoms with Crippen molar-refractivity contribution >= 4 is 23.4 Å². The Morgan fingerprint density at radius 2 is 2.12 bits per heavy atom. The first-order valence-electron chi connectivity index (χ1n) is 5.47. The molecule has 2 nitrogen and oxygen atoms in total. The fourth-order valence-electron chi connectivity index (χ4n) is 1.88. The lowest BCUT2D eigenvalue weighted by Gasteiger charge is -2.13. The number of benzene rings is 1. The Bertz CT molecular complexity index is 434. The fourth-order valence-corrected chi connectivity index (χ4v) is 1.88. The maximum atomic E-state index is 5.31. The molecule has 88 valence electrons. The zero-order chi connectivity index (χ0) is 10.7. The van der Waals surface area contributed by atoms with Crippen LogP contribution in [0.1, 0.15) is 18.9 Å². The van der Waals surface area contributed by atoms with Crippen LogP contribution in [0.15, 0.2) is 34.9 Å². The van der Waals surface area contributed by atoms with Gasteiger partial charge in [-0.05, 0) is 43.7 Å². The van der Waals surface area contributed by atoms with Crippen molar-refractivity contribution in [1.29, 1.82) is 0 Å². The van der Waals surface area contributed by atoms with Crippen molar-refractivity contribution in [1.82, 2.24) is 5.32 Å². The molecule has 1 aromatic heterocycles. The fraction of sp³-hybridized carbons (Fsp3) is 0.385. The van der Waals surface area contributed by atoms with Crippen molar-refractivity contribution in [3.63, 3.8) is 0 Å². The van der Waals surface area contributed by atoms with Gasteiger partial charge < -0.3 is 9.73 Å². The first kappa shape index (κ1) is 13.1. The minimum atomic E-state index is 0. The molecular weight excluding hydrogens is 222 g/mol. The summed E-state index contributed by atoms with van der Waals surface area (Å²) in [7, 11) is 2.02. The van der Waals surface area contributed by atoms with Gasteiger partial charge in [0.15, 0.2) is 0 Å². The van der Waals surface area contributed by atoms with Crippen molar-refractivity contribution in [3.8, 4) is 0 Å². The third-order valence-corrected chi connectivity index (χ3v) is 2.90. The van der Waals surface area contributed by atoms with Crippen LogP contribution >= 0.6 is 12.4 Å². The molecule has 3 heteroatoms. The molecule has 0 spiro atoms. The molecule has 16 heavy (non-hydrogen) atoms. The number of fused-ring (bicyclic) bond motifs is 1. The molecule has 0 unspecified atom stereocenters. The van der Waals surface area contributed by atoms with Crippen LogP contribution in [0.5, 0.6) is 0 Å². The lowest BCUT2D eigenvalue weighted by atomic mass is 10.0. The molecule has 0 bridgehead atoms. The Morgan fingerprint density at radius 3 is 2.81 bits per heavy atom. The normalized spacial score (nSPS) is 12.4. The molecule has 0 radical (unpaired) electrons. The molecule has 1 atom stereocenters. The molecular formula is C13H18ClNO. The molecule has 2 rings (SSSR count). The molecule has 2 aromatic rings. The van der Waals surface area contributed by atoms with Gasteiger partial charge in [0, 0.05) is 11.4 Å². The van der Waals surface area contributed by atoms with Gasteiger partial charge in [-0.3, -0.25) is 0 Å². The highest BCUT2D eigenvalue weighted by Crippen LogP contribution is 2.18. The largest absolute Gasteiger partial charge is 0.464 e. The monoisotopic (exact) mass is 239 g/mol. The minimum absolute atomic E-state index is 0. The maximum Gasteiger partial charge on any atom is 0.133 e. The number of likely N-dealkylation sites (N-methyl/N-ethyl adjacent to an activating group) is 1. The number of nitrogens with one attached hydrogen (secondary N) is 1. The van der Waals surface area contributed by atoms with Crippen molar-refractivity contribution in [3.05, 3.63) is 36.1 Å². The molecule has 1 aromatic carbocycles. The second-order valence-corrected chi connectivity index (χ2v) is 3.89. The Morgan fingerprint density at radius 1 is 1.31 bits per heavy atom. The van der Waals surface area contributed by atoms with E-state index in [0.29, 0.717) is 6.04 Å². The summed E-state index contributed by atoms with van der Waals surface area (Å²) >= 11 is 0. The number of halogens is 1. The van der Waals surface area contributed by atoms with E-state index in [1.54, 1.807) is 6.26 Å². The lowest BCUT2D eigenvalue weighted by Crippen LogP contribution is -2.26. The van der Waals surface area contributed by atoms with E-state index in [-0.39, 0.29) is 12.4 Å². The van der Waals surface area contributed by atoms with E-state index < -0.39 is 0 Å². The summed E-state index contributed by atoms with van der Waals surface area (Å²) in [5.74, 6) is 0. The molecule has 0 amide bonds. The topological polar surface area (TPSA) is 25.2 Å². The molecule has 0 aliphatic rings. The number of hydrogen-bond donors (Lipinski definition) is 1. The first-order valence-corrected chi connectivity index (χ1v) is 5.47. The van der Waals surface area contributed by atoms with Crippen LogP contribution in [0.4, 0.5) is 0 Å². The first-order chi connectivity index (χ1) is 7.33. The van der Waals surface area contributed by atoms with Gasteiger partial charge in [0.2, 0.25) is 0 Å². The highest BCUT2D eigenvalue weighted by molar-refractivity contribution is 5.85. The SMILES string of the molecule is CC[C@@H](Cc1ccc2occc2c1)NC.Cl. The number of furan rings is 1. The summed E-state index contributed by atoms with van der Waals surface area (Å²) in [6.45, 7) is 2.21. The van der Waals surface area contributed by atoms with Crippen LogP contribution in [0.2, 0.25) is 0 Å². The molecule has 1 heterocycles. The minimum Gasteiger partial charge on any atom is -0.464 e. The third kappa shape index (κ3) is 2.77. The zero-order valence-electron chi connectivity index (χ0n) is 9.69. The molecule has 0 fully saturated rings. The summed E-state index contributed by atoms with van der Waals surface area (Å²) in [4.78, 5) is 0. The second kappa shape index (κ2) is 5.92. The van der Waals surface area contributed by atoms with Gasteiger partial charge in [-0.1, -0.05) is 13.0 Å². The molecule has 0 aliphatic heterocycles. The Hall–Kier alpha value is -0.990. The van der Waals surface area contributed by atoms with E-state index in [4.69, 9.17) is 4.42 Å². The van der Waals surface area contributed by atoms with Crippen LogP contribution in [-0.2, 0) is 6.42 Å². The van der Waals surface area contributed by atoms with E-state index in [1.807, 2.05) is 19.2 Å². The highest BCUT2D eigenvalue weighted by Gasteiger charge is 2.05. The number of rotatable bonds is 4. The smallest absolute Gasteiger partial charge is 0.133 e. The second-order valence-electron chi connectivity index (χ2n) is 3.89. The van der Waals surface area contributed by atoms with Crippen molar-refractivity contribution in [2.45, 2.75) is 25.8 Å². The maximum absolute atomic E-state index is 5.31. The summed E-state index contributed by atoms with van der Waals surface area (Å²) in [5.41, 5.74) is 2.33. The van der Waals surface area contributed by atoms with Crippen molar-refractivity contribution in [2.24, 2.45) is 0 Å². The van der Waals surface area contributed by atoms with Crippen LogP contribution in [-0.4, -0.2) is 13.1 Å². The van der Waals surface area contributed by atoms with E-state index in [0.717, 1.165) is 18.4 Å². The van der Waals surface area contributed by atoms with Crippen LogP contribution in [0.25, 0.3) is 11.0 Å². The average Bonchev–Trinajstić information content (AvgIpc) is 2.73.